The number of amides is 1. The monoisotopic (exact) mass is 415 g/mol. The number of anilines is 1. The van der Waals surface area contributed by atoms with Crippen molar-refractivity contribution in [3.63, 3.8) is 0 Å². The van der Waals surface area contributed by atoms with Crippen LogP contribution in [-0.4, -0.2) is 22.8 Å². The van der Waals surface area contributed by atoms with Gasteiger partial charge in [0.2, 0.25) is 5.91 Å². The Hall–Kier alpha value is -4.13. The number of nitrogens with one attached hydrogen (secondary N) is 1. The van der Waals surface area contributed by atoms with Crippen molar-refractivity contribution in [2.24, 2.45) is 0 Å². The van der Waals surface area contributed by atoms with E-state index in [9.17, 15) is 9.59 Å². The van der Waals surface area contributed by atoms with E-state index in [0.717, 1.165) is 15.8 Å². The molecule has 0 radical (unpaired) electrons. The molecule has 1 unspecified atom stereocenters. The van der Waals surface area contributed by atoms with Crippen LogP contribution in [0.1, 0.15) is 17.0 Å². The van der Waals surface area contributed by atoms with Gasteiger partial charge in [-0.15, -0.1) is 0 Å². The highest BCUT2D eigenvalue weighted by molar-refractivity contribution is 5.96. The summed E-state index contributed by atoms with van der Waals surface area (Å²) in [7, 11) is 1.37. The Morgan fingerprint density at radius 1 is 1.00 bits per heavy atom. The lowest BCUT2D eigenvalue weighted by Gasteiger charge is -2.18. The largest absolute Gasteiger partial charge is 0.452 e. The van der Waals surface area contributed by atoms with Crippen molar-refractivity contribution in [1.29, 1.82) is 0 Å². The first-order valence-electron chi connectivity index (χ1n) is 9.78. The molecule has 1 atom stereocenters. The molecule has 1 amide bonds. The maximum atomic E-state index is 13.2. The molecule has 1 N–H and O–H groups in total. The summed E-state index contributed by atoms with van der Waals surface area (Å²) in [5.74, 6) is -1.10. The van der Waals surface area contributed by atoms with Crippen LogP contribution < -0.4 is 15.8 Å². The zero-order valence-corrected chi connectivity index (χ0v) is 16.9. The summed E-state index contributed by atoms with van der Waals surface area (Å²) in [4.78, 5) is 25.0. The van der Waals surface area contributed by atoms with Gasteiger partial charge >= 0.3 is 11.8 Å². The van der Waals surface area contributed by atoms with E-state index in [1.807, 2.05) is 60.7 Å². The van der Waals surface area contributed by atoms with Crippen molar-refractivity contribution < 1.29 is 13.9 Å². The third-order valence-electron chi connectivity index (χ3n) is 4.88. The lowest BCUT2D eigenvalue weighted by Crippen LogP contribution is -2.23. The highest BCUT2D eigenvalue weighted by Crippen LogP contribution is 2.23. The van der Waals surface area contributed by atoms with Gasteiger partial charge < -0.3 is 14.5 Å². The van der Waals surface area contributed by atoms with E-state index in [4.69, 9.17) is 9.15 Å². The molecule has 7 heteroatoms. The molecule has 4 rings (SSSR count). The highest BCUT2D eigenvalue weighted by Gasteiger charge is 2.21. The van der Waals surface area contributed by atoms with Crippen LogP contribution >= 0.6 is 0 Å². The molecule has 1 aromatic heterocycles. The van der Waals surface area contributed by atoms with Crippen LogP contribution in [-0.2, 0) is 11.2 Å². The summed E-state index contributed by atoms with van der Waals surface area (Å²) in [5, 5.41) is 6.91. The van der Waals surface area contributed by atoms with Crippen LogP contribution in [0.4, 0.5) is 5.69 Å². The molecule has 156 valence electrons. The molecule has 4 aromatic rings. The predicted molar refractivity (Wildman–Crippen MR) is 117 cm³/mol. The second kappa shape index (κ2) is 9.13. The Bertz CT molecular complexity index is 1200. The minimum absolute atomic E-state index is 0.108. The van der Waals surface area contributed by atoms with Crippen LogP contribution in [0.25, 0.3) is 5.69 Å². The zero-order valence-electron chi connectivity index (χ0n) is 16.9. The number of hydrogen-bond donors (Lipinski definition) is 1. The highest BCUT2D eigenvalue weighted by atomic mass is 16.6. The predicted octanol–water partition coefficient (Wildman–Crippen LogP) is 3.80. The Balaban J connectivity index is 1.54. The number of methoxy groups -OCH3 is 1. The normalized spacial score (nSPS) is 11.6. The quantitative estimate of drug-likeness (QED) is 0.496. The van der Waals surface area contributed by atoms with Gasteiger partial charge in [0.05, 0.1) is 18.7 Å². The molecular weight excluding hydrogens is 394 g/mol. The Labute approximate surface area is 178 Å². The molecular formula is C24H21N3O4. The fourth-order valence-electron chi connectivity index (χ4n) is 3.32. The number of benzene rings is 3. The number of rotatable bonds is 7. The molecule has 3 aromatic carbocycles. The minimum atomic E-state index is -0.652. The van der Waals surface area contributed by atoms with E-state index in [-0.39, 0.29) is 17.9 Å². The third kappa shape index (κ3) is 4.72. The van der Waals surface area contributed by atoms with E-state index in [1.54, 1.807) is 24.3 Å². The number of carbonyl (C=O) groups excluding carboxylic acids is 1. The van der Waals surface area contributed by atoms with Crippen molar-refractivity contribution in [2.75, 3.05) is 12.4 Å². The van der Waals surface area contributed by atoms with E-state index in [0.29, 0.717) is 17.8 Å². The van der Waals surface area contributed by atoms with E-state index >= 15 is 0 Å². The van der Waals surface area contributed by atoms with Gasteiger partial charge in [0.15, 0.2) is 0 Å². The lowest BCUT2D eigenvalue weighted by atomic mass is 9.91. The van der Waals surface area contributed by atoms with Crippen molar-refractivity contribution in [1.82, 2.24) is 9.78 Å². The van der Waals surface area contributed by atoms with E-state index in [1.165, 1.54) is 7.11 Å². The second-order valence-electron chi connectivity index (χ2n) is 6.94. The number of carbonyl (C=O) groups is 1. The fraction of sp³-hybridized carbons (Fsp3) is 0.125. The van der Waals surface area contributed by atoms with Crippen LogP contribution in [0.3, 0.4) is 0 Å². The molecule has 31 heavy (non-hydrogen) atoms. The van der Waals surface area contributed by atoms with Gasteiger partial charge in [-0.3, -0.25) is 4.79 Å². The maximum Gasteiger partial charge on any atom is 0.444 e. The average Bonchev–Trinajstić information content (AvgIpc) is 3.20. The summed E-state index contributed by atoms with van der Waals surface area (Å²) < 4.78 is 10.8. The van der Waals surface area contributed by atoms with Gasteiger partial charge in [-0.05, 0) is 41.8 Å². The molecule has 1 heterocycles. The minimum Gasteiger partial charge on any atom is -0.452 e. The van der Waals surface area contributed by atoms with Crippen LogP contribution in [0.2, 0.25) is 0 Å². The molecule has 0 aliphatic rings. The van der Waals surface area contributed by atoms with Crippen molar-refractivity contribution >= 4 is 11.6 Å². The smallest absolute Gasteiger partial charge is 0.444 e. The molecule has 0 saturated heterocycles. The Morgan fingerprint density at radius 3 is 2.26 bits per heavy atom. The van der Waals surface area contributed by atoms with Crippen molar-refractivity contribution in [2.45, 2.75) is 12.3 Å². The zero-order chi connectivity index (χ0) is 21.6. The van der Waals surface area contributed by atoms with Gasteiger partial charge in [0.25, 0.3) is 0 Å². The van der Waals surface area contributed by atoms with Crippen molar-refractivity contribution in [3.05, 3.63) is 107 Å². The van der Waals surface area contributed by atoms with Crippen LogP contribution in [0.15, 0.2) is 94.1 Å². The fourth-order valence-corrected chi connectivity index (χ4v) is 3.32. The standard InChI is InChI=1S/C24H21N3O4/c1-30-23-26-27(24(29)31-23)20-14-12-19(13-15-20)25-22(28)21(18-10-6-3-7-11-18)16-17-8-4-2-5-9-17/h2-15,21H,16H2,1H3,(H,25,28). The van der Waals surface area contributed by atoms with E-state index in [2.05, 4.69) is 10.4 Å². The van der Waals surface area contributed by atoms with Gasteiger partial charge in [0.1, 0.15) is 0 Å². The van der Waals surface area contributed by atoms with Gasteiger partial charge in [-0.2, -0.15) is 4.68 Å². The van der Waals surface area contributed by atoms with Crippen molar-refractivity contribution in [3.8, 4) is 11.8 Å². The number of nitrogens with zero attached hydrogens (tertiary/aromatic N) is 2. The first-order valence-corrected chi connectivity index (χ1v) is 9.78. The molecule has 0 spiro atoms. The molecule has 0 bridgehead atoms. The molecule has 7 nitrogen and oxygen atoms in total. The molecule has 0 saturated carbocycles. The summed E-state index contributed by atoms with van der Waals surface area (Å²) in [6.07, 6.45) is 0.470. The molecule has 0 aliphatic carbocycles. The van der Waals surface area contributed by atoms with Crippen LogP contribution in [0.5, 0.6) is 6.08 Å². The van der Waals surface area contributed by atoms with Crippen LogP contribution in [0, 0.1) is 0 Å². The number of aromatic nitrogens is 2. The number of hydrogen-bond acceptors (Lipinski definition) is 5. The molecule has 0 aliphatic heterocycles. The maximum absolute atomic E-state index is 13.2. The summed E-state index contributed by atoms with van der Waals surface area (Å²) in [6, 6.07) is 26.4. The summed E-state index contributed by atoms with van der Waals surface area (Å²) in [5.41, 5.74) is 3.15. The van der Waals surface area contributed by atoms with Gasteiger partial charge in [0, 0.05) is 5.69 Å². The lowest BCUT2D eigenvalue weighted by molar-refractivity contribution is -0.117. The first kappa shape index (κ1) is 20.2. The second-order valence-corrected chi connectivity index (χ2v) is 6.94. The summed E-state index contributed by atoms with van der Waals surface area (Å²) in [6.45, 7) is 0. The Kier molecular flexibility index (Phi) is 5.93. The van der Waals surface area contributed by atoms with Gasteiger partial charge in [-0.1, -0.05) is 65.8 Å². The topological polar surface area (TPSA) is 86.4 Å². The average molecular weight is 415 g/mol. The SMILES string of the molecule is COc1nn(-c2ccc(NC(=O)C(Cc3ccccc3)c3ccccc3)cc2)c(=O)o1. The molecule has 0 fully saturated rings. The number of ether oxygens (including phenoxy) is 1. The third-order valence-corrected chi connectivity index (χ3v) is 4.88. The summed E-state index contributed by atoms with van der Waals surface area (Å²) >= 11 is 0. The Morgan fingerprint density at radius 2 is 1.65 bits per heavy atom. The van der Waals surface area contributed by atoms with E-state index < -0.39 is 5.76 Å². The van der Waals surface area contributed by atoms with Gasteiger partial charge in [-0.25, -0.2) is 4.79 Å². The first-order chi connectivity index (χ1) is 15.1.